The number of aromatic carboxylic acids is 1. The largest absolute Gasteiger partial charge is 0.491 e. The van der Waals surface area contributed by atoms with Crippen LogP contribution in [0.1, 0.15) is 10.4 Å². The molecule has 0 saturated heterocycles. The highest BCUT2D eigenvalue weighted by molar-refractivity contribution is 5.90. The molecular formula is C9H10FNO3. The van der Waals surface area contributed by atoms with Crippen molar-refractivity contribution in [1.29, 1.82) is 0 Å². The maximum atomic E-state index is 12.7. The number of carbonyl (C=O) groups is 1. The summed E-state index contributed by atoms with van der Waals surface area (Å²) in [5.41, 5.74) is 5.10. The first kappa shape index (κ1) is 10.5. The van der Waals surface area contributed by atoms with Crippen molar-refractivity contribution in [3.05, 3.63) is 29.6 Å². The van der Waals surface area contributed by atoms with Gasteiger partial charge < -0.3 is 15.6 Å². The Morgan fingerprint density at radius 3 is 2.86 bits per heavy atom. The summed E-state index contributed by atoms with van der Waals surface area (Å²) in [5.74, 6) is -1.69. The van der Waals surface area contributed by atoms with Crippen LogP contribution in [0.5, 0.6) is 5.75 Å². The first-order valence-electron chi connectivity index (χ1n) is 4.01. The lowest BCUT2D eigenvalue weighted by atomic mass is 10.2. The average molecular weight is 199 g/mol. The van der Waals surface area contributed by atoms with E-state index < -0.39 is 11.8 Å². The predicted octanol–water partition coefficient (Wildman–Crippen LogP) is 0.861. The van der Waals surface area contributed by atoms with Crippen LogP contribution in [0, 0.1) is 5.82 Å². The second-order valence-electron chi connectivity index (χ2n) is 2.58. The van der Waals surface area contributed by atoms with Gasteiger partial charge in [-0.3, -0.25) is 0 Å². The summed E-state index contributed by atoms with van der Waals surface area (Å²) >= 11 is 0. The van der Waals surface area contributed by atoms with E-state index in [0.29, 0.717) is 0 Å². The Balaban J connectivity index is 2.97. The van der Waals surface area contributed by atoms with Crippen LogP contribution in [0.2, 0.25) is 0 Å². The summed E-state index contributed by atoms with van der Waals surface area (Å²) in [4.78, 5) is 10.7. The van der Waals surface area contributed by atoms with Crippen LogP contribution < -0.4 is 10.5 Å². The number of hydrogen-bond acceptors (Lipinski definition) is 3. The third-order valence-corrected chi connectivity index (χ3v) is 1.55. The first-order valence-corrected chi connectivity index (χ1v) is 4.01. The molecule has 76 valence electrons. The number of rotatable bonds is 4. The van der Waals surface area contributed by atoms with Gasteiger partial charge in [0, 0.05) is 12.6 Å². The van der Waals surface area contributed by atoms with E-state index in [2.05, 4.69) is 0 Å². The van der Waals surface area contributed by atoms with Crippen molar-refractivity contribution in [2.24, 2.45) is 5.73 Å². The average Bonchev–Trinajstić information content (AvgIpc) is 2.14. The van der Waals surface area contributed by atoms with Crippen LogP contribution in [0.4, 0.5) is 4.39 Å². The van der Waals surface area contributed by atoms with Gasteiger partial charge >= 0.3 is 5.97 Å². The fraction of sp³-hybridized carbons (Fsp3) is 0.222. The van der Waals surface area contributed by atoms with Gasteiger partial charge in [0.25, 0.3) is 0 Å². The summed E-state index contributed by atoms with van der Waals surface area (Å²) in [6.07, 6.45) is 0. The second-order valence-corrected chi connectivity index (χ2v) is 2.58. The van der Waals surface area contributed by atoms with Gasteiger partial charge in [-0.15, -0.1) is 0 Å². The molecule has 1 rings (SSSR count). The van der Waals surface area contributed by atoms with Crippen LogP contribution in [0.25, 0.3) is 0 Å². The summed E-state index contributed by atoms with van der Waals surface area (Å²) < 4.78 is 17.7. The van der Waals surface area contributed by atoms with E-state index in [0.717, 1.165) is 18.2 Å². The van der Waals surface area contributed by atoms with Gasteiger partial charge in [0.2, 0.25) is 0 Å². The molecule has 3 N–H and O–H groups in total. The molecule has 0 aliphatic carbocycles. The fourth-order valence-electron chi connectivity index (χ4n) is 0.961. The van der Waals surface area contributed by atoms with Crippen LogP contribution >= 0.6 is 0 Å². The Labute approximate surface area is 80.1 Å². The monoisotopic (exact) mass is 199 g/mol. The van der Waals surface area contributed by atoms with Crippen LogP contribution in [0.15, 0.2) is 18.2 Å². The van der Waals surface area contributed by atoms with Crippen LogP contribution in [-0.4, -0.2) is 24.2 Å². The number of hydrogen-bond donors (Lipinski definition) is 2. The van der Waals surface area contributed by atoms with E-state index in [1.54, 1.807) is 0 Å². The molecule has 0 bridgehead atoms. The number of carboxylic acid groups (broad SMARTS) is 1. The van der Waals surface area contributed by atoms with Crippen molar-refractivity contribution in [2.75, 3.05) is 13.2 Å². The lowest BCUT2D eigenvalue weighted by Crippen LogP contribution is -2.12. The van der Waals surface area contributed by atoms with Gasteiger partial charge in [-0.1, -0.05) is 0 Å². The van der Waals surface area contributed by atoms with Crippen molar-refractivity contribution >= 4 is 5.97 Å². The van der Waals surface area contributed by atoms with Gasteiger partial charge in [-0.05, 0) is 12.1 Å². The van der Waals surface area contributed by atoms with Gasteiger partial charge in [0.15, 0.2) is 0 Å². The van der Waals surface area contributed by atoms with E-state index in [1.807, 2.05) is 0 Å². The third kappa shape index (κ3) is 2.43. The molecule has 0 fully saturated rings. The lowest BCUT2D eigenvalue weighted by Gasteiger charge is -2.07. The Kier molecular flexibility index (Phi) is 3.41. The molecule has 0 atom stereocenters. The molecule has 0 heterocycles. The molecule has 0 amide bonds. The predicted molar refractivity (Wildman–Crippen MR) is 47.9 cm³/mol. The third-order valence-electron chi connectivity index (χ3n) is 1.55. The topological polar surface area (TPSA) is 72.5 Å². The summed E-state index contributed by atoms with van der Waals surface area (Å²) in [7, 11) is 0. The molecule has 14 heavy (non-hydrogen) atoms. The van der Waals surface area contributed by atoms with E-state index in [-0.39, 0.29) is 24.5 Å². The summed E-state index contributed by atoms with van der Waals surface area (Å²) in [5, 5.41) is 8.72. The molecular weight excluding hydrogens is 189 g/mol. The fourth-order valence-corrected chi connectivity index (χ4v) is 0.961. The maximum absolute atomic E-state index is 12.7. The van der Waals surface area contributed by atoms with Gasteiger partial charge in [0.05, 0.1) is 0 Å². The zero-order valence-electron chi connectivity index (χ0n) is 7.37. The molecule has 0 aliphatic rings. The highest BCUT2D eigenvalue weighted by Gasteiger charge is 2.11. The normalized spacial score (nSPS) is 9.86. The number of carboxylic acids is 1. The van der Waals surface area contributed by atoms with Crippen molar-refractivity contribution in [1.82, 2.24) is 0 Å². The minimum absolute atomic E-state index is 0.00273. The highest BCUT2D eigenvalue weighted by atomic mass is 19.1. The smallest absolute Gasteiger partial charge is 0.339 e. The molecule has 1 aromatic rings. The molecule has 0 aromatic heterocycles. The van der Waals surface area contributed by atoms with E-state index in [1.165, 1.54) is 0 Å². The number of ether oxygens (including phenoxy) is 1. The Hall–Kier alpha value is -1.62. The van der Waals surface area contributed by atoms with Crippen molar-refractivity contribution < 1.29 is 19.0 Å². The molecule has 1 aromatic carbocycles. The minimum atomic E-state index is -1.16. The molecule has 0 aliphatic heterocycles. The molecule has 0 spiro atoms. The van der Waals surface area contributed by atoms with Gasteiger partial charge in [-0.2, -0.15) is 0 Å². The second kappa shape index (κ2) is 4.57. The Morgan fingerprint density at radius 2 is 2.29 bits per heavy atom. The van der Waals surface area contributed by atoms with Crippen molar-refractivity contribution in [2.45, 2.75) is 0 Å². The van der Waals surface area contributed by atoms with Gasteiger partial charge in [-0.25, -0.2) is 9.18 Å². The molecule has 0 saturated carbocycles. The van der Waals surface area contributed by atoms with E-state index in [4.69, 9.17) is 15.6 Å². The van der Waals surface area contributed by atoms with E-state index >= 15 is 0 Å². The number of nitrogens with two attached hydrogens (primary N) is 1. The first-order chi connectivity index (χ1) is 6.65. The van der Waals surface area contributed by atoms with Crippen molar-refractivity contribution in [3.8, 4) is 5.75 Å². The molecule has 0 unspecified atom stereocenters. The number of benzene rings is 1. The summed E-state index contributed by atoms with van der Waals surface area (Å²) in [6, 6.07) is 3.25. The van der Waals surface area contributed by atoms with E-state index in [9.17, 15) is 9.18 Å². The van der Waals surface area contributed by atoms with Crippen LogP contribution in [0.3, 0.4) is 0 Å². The zero-order chi connectivity index (χ0) is 10.6. The molecule has 4 nitrogen and oxygen atoms in total. The summed E-state index contributed by atoms with van der Waals surface area (Å²) in [6.45, 7) is 0.402. The SMILES string of the molecule is NCCOc1cc(F)ccc1C(=O)O. The Morgan fingerprint density at radius 1 is 1.57 bits per heavy atom. The van der Waals surface area contributed by atoms with Crippen LogP contribution in [-0.2, 0) is 0 Å². The Bertz CT molecular complexity index is 341. The zero-order valence-corrected chi connectivity index (χ0v) is 7.37. The lowest BCUT2D eigenvalue weighted by molar-refractivity contribution is 0.0692. The molecule has 5 heteroatoms. The quantitative estimate of drug-likeness (QED) is 0.754. The minimum Gasteiger partial charge on any atom is -0.491 e. The maximum Gasteiger partial charge on any atom is 0.339 e. The standard InChI is InChI=1S/C9H10FNO3/c10-6-1-2-7(9(12)13)8(5-6)14-4-3-11/h1-2,5H,3-4,11H2,(H,12,13). The van der Waals surface area contributed by atoms with Crippen molar-refractivity contribution in [3.63, 3.8) is 0 Å². The highest BCUT2D eigenvalue weighted by Crippen LogP contribution is 2.19. The number of halogens is 1. The van der Waals surface area contributed by atoms with Gasteiger partial charge in [0.1, 0.15) is 23.7 Å². The molecule has 0 radical (unpaired) electrons.